The third kappa shape index (κ3) is 3.92. The third-order valence-electron chi connectivity index (χ3n) is 4.11. The molecule has 1 aromatic carbocycles. The van der Waals surface area contributed by atoms with Crippen molar-refractivity contribution >= 4 is 18.0 Å². The molecule has 2 N–H and O–H groups in total. The van der Waals surface area contributed by atoms with E-state index in [9.17, 15) is 19.8 Å². The Labute approximate surface area is 136 Å². The predicted molar refractivity (Wildman–Crippen MR) is 88.4 cm³/mol. The summed E-state index contributed by atoms with van der Waals surface area (Å²) in [5, 5.41) is 19.0. The van der Waals surface area contributed by atoms with Gasteiger partial charge in [0.05, 0.1) is 6.61 Å². The highest BCUT2D eigenvalue weighted by Gasteiger charge is 2.52. The molecule has 0 amide bonds. The zero-order valence-corrected chi connectivity index (χ0v) is 13.9. The molecule has 0 fully saturated rings. The van der Waals surface area contributed by atoms with Crippen LogP contribution >= 0.6 is 0 Å². The van der Waals surface area contributed by atoms with Gasteiger partial charge in [-0.1, -0.05) is 45.1 Å². The SMILES string of the molecule is CCOc1ccc(C=CC(C)C(C(=O)O)(C(=O)O)C(C)C)cc1. The van der Waals surface area contributed by atoms with E-state index >= 15 is 0 Å². The van der Waals surface area contributed by atoms with Crippen LogP contribution in [0.1, 0.15) is 33.3 Å². The largest absolute Gasteiger partial charge is 0.494 e. The van der Waals surface area contributed by atoms with Gasteiger partial charge in [-0.15, -0.1) is 0 Å². The molecule has 0 aromatic heterocycles. The van der Waals surface area contributed by atoms with E-state index in [1.54, 1.807) is 32.9 Å². The molecule has 0 saturated heterocycles. The Morgan fingerprint density at radius 2 is 1.65 bits per heavy atom. The topological polar surface area (TPSA) is 83.8 Å². The second kappa shape index (κ2) is 7.81. The molecule has 1 atom stereocenters. The molecule has 5 heteroatoms. The molecule has 0 aliphatic heterocycles. The van der Waals surface area contributed by atoms with Gasteiger partial charge in [0.15, 0.2) is 5.41 Å². The maximum atomic E-state index is 11.6. The predicted octanol–water partition coefficient (Wildman–Crippen LogP) is 3.55. The molecule has 0 bridgehead atoms. The minimum atomic E-state index is -1.85. The second-order valence-electron chi connectivity index (χ2n) is 5.78. The Bertz CT molecular complexity index is 558. The van der Waals surface area contributed by atoms with Crippen molar-refractivity contribution in [2.45, 2.75) is 27.7 Å². The molecule has 1 unspecified atom stereocenters. The highest BCUT2D eigenvalue weighted by Crippen LogP contribution is 2.38. The van der Waals surface area contributed by atoms with Crippen LogP contribution in [0, 0.1) is 17.3 Å². The fraction of sp³-hybridized carbons (Fsp3) is 0.444. The monoisotopic (exact) mass is 320 g/mol. The van der Waals surface area contributed by atoms with Gasteiger partial charge in [0, 0.05) is 5.92 Å². The van der Waals surface area contributed by atoms with Gasteiger partial charge >= 0.3 is 11.9 Å². The maximum absolute atomic E-state index is 11.6. The molecule has 0 spiro atoms. The van der Waals surface area contributed by atoms with Crippen molar-refractivity contribution in [2.75, 3.05) is 6.61 Å². The van der Waals surface area contributed by atoms with Gasteiger partial charge in [0.25, 0.3) is 0 Å². The Morgan fingerprint density at radius 3 is 2.04 bits per heavy atom. The summed E-state index contributed by atoms with van der Waals surface area (Å²) in [4.78, 5) is 23.3. The van der Waals surface area contributed by atoms with Crippen LogP contribution in [-0.2, 0) is 9.59 Å². The number of carboxylic acid groups (broad SMARTS) is 2. The molecule has 0 radical (unpaired) electrons. The summed E-state index contributed by atoms with van der Waals surface area (Å²) in [6.45, 7) is 7.33. The van der Waals surface area contributed by atoms with Gasteiger partial charge in [0.2, 0.25) is 0 Å². The van der Waals surface area contributed by atoms with Crippen molar-refractivity contribution in [3.05, 3.63) is 35.9 Å². The molecule has 0 saturated carbocycles. The van der Waals surface area contributed by atoms with Crippen LogP contribution in [0.3, 0.4) is 0 Å². The second-order valence-corrected chi connectivity index (χ2v) is 5.78. The van der Waals surface area contributed by atoms with Gasteiger partial charge < -0.3 is 14.9 Å². The van der Waals surface area contributed by atoms with E-state index in [4.69, 9.17) is 4.74 Å². The lowest BCUT2D eigenvalue weighted by atomic mass is 9.68. The first kappa shape index (κ1) is 18.7. The molecule has 0 heterocycles. The van der Waals surface area contributed by atoms with Crippen LogP contribution in [-0.4, -0.2) is 28.8 Å². The van der Waals surface area contributed by atoms with E-state index in [0.717, 1.165) is 11.3 Å². The van der Waals surface area contributed by atoms with Crippen molar-refractivity contribution in [2.24, 2.45) is 17.3 Å². The van der Waals surface area contributed by atoms with Crippen LogP contribution in [0.5, 0.6) is 5.75 Å². The highest BCUT2D eigenvalue weighted by molar-refractivity contribution is 5.99. The maximum Gasteiger partial charge on any atom is 0.321 e. The summed E-state index contributed by atoms with van der Waals surface area (Å²) in [5.41, 5.74) is -0.990. The number of carboxylic acids is 2. The first-order valence-electron chi connectivity index (χ1n) is 7.64. The van der Waals surface area contributed by atoms with Crippen LogP contribution in [0.25, 0.3) is 6.08 Å². The standard InChI is InChI=1S/C18H24O5/c1-5-23-15-10-8-14(9-11-15)7-6-13(4)18(12(2)3,16(19)20)17(21)22/h6-13H,5H2,1-4H3,(H,19,20)(H,21,22). The summed E-state index contributed by atoms with van der Waals surface area (Å²) in [6, 6.07) is 7.31. The van der Waals surface area contributed by atoms with Crippen LogP contribution < -0.4 is 4.74 Å². The fourth-order valence-electron chi connectivity index (χ4n) is 2.75. The van der Waals surface area contributed by atoms with E-state index in [1.807, 2.05) is 31.2 Å². The first-order valence-corrected chi connectivity index (χ1v) is 7.64. The molecule has 1 aromatic rings. The lowest BCUT2D eigenvalue weighted by Gasteiger charge is -2.33. The van der Waals surface area contributed by atoms with Gasteiger partial charge in [-0.25, -0.2) is 0 Å². The molecule has 1 rings (SSSR count). The van der Waals surface area contributed by atoms with Crippen LogP contribution in [0.15, 0.2) is 30.3 Å². The van der Waals surface area contributed by atoms with Crippen LogP contribution in [0.2, 0.25) is 0 Å². The highest BCUT2D eigenvalue weighted by atomic mass is 16.5. The number of benzene rings is 1. The minimum absolute atomic E-state index is 0.544. The average molecular weight is 320 g/mol. The molecule has 5 nitrogen and oxygen atoms in total. The summed E-state index contributed by atoms with van der Waals surface area (Å²) >= 11 is 0. The molecular weight excluding hydrogens is 296 g/mol. The number of carbonyl (C=O) groups is 2. The van der Waals surface area contributed by atoms with Crippen molar-refractivity contribution in [3.63, 3.8) is 0 Å². The Morgan fingerprint density at radius 1 is 1.13 bits per heavy atom. The fourth-order valence-corrected chi connectivity index (χ4v) is 2.75. The summed E-state index contributed by atoms with van der Waals surface area (Å²) in [7, 11) is 0. The summed E-state index contributed by atoms with van der Waals surface area (Å²) in [5.74, 6) is -3.08. The smallest absolute Gasteiger partial charge is 0.321 e. The molecule has 0 aliphatic carbocycles. The number of ether oxygens (including phenoxy) is 1. The molecular formula is C18H24O5. The third-order valence-corrected chi connectivity index (χ3v) is 4.11. The lowest BCUT2D eigenvalue weighted by molar-refractivity contribution is -0.171. The van der Waals surface area contributed by atoms with Gasteiger partial charge in [-0.3, -0.25) is 9.59 Å². The Kier molecular flexibility index (Phi) is 6.37. The average Bonchev–Trinajstić information content (AvgIpc) is 2.46. The number of allylic oxidation sites excluding steroid dienone is 1. The van der Waals surface area contributed by atoms with E-state index in [-0.39, 0.29) is 0 Å². The summed E-state index contributed by atoms with van der Waals surface area (Å²) in [6.07, 6.45) is 3.38. The van der Waals surface area contributed by atoms with Crippen molar-refractivity contribution in [1.82, 2.24) is 0 Å². The number of rotatable bonds is 8. The van der Waals surface area contributed by atoms with Crippen molar-refractivity contribution in [3.8, 4) is 5.75 Å². The zero-order valence-electron chi connectivity index (χ0n) is 13.9. The lowest BCUT2D eigenvalue weighted by Crippen LogP contribution is -2.48. The number of hydrogen-bond acceptors (Lipinski definition) is 3. The molecule has 126 valence electrons. The normalized spacial score (nSPS) is 13.3. The van der Waals surface area contributed by atoms with E-state index in [2.05, 4.69) is 0 Å². The Balaban J connectivity index is 3.04. The van der Waals surface area contributed by atoms with E-state index in [0.29, 0.717) is 6.61 Å². The number of hydrogen-bond donors (Lipinski definition) is 2. The molecule has 0 aliphatic rings. The van der Waals surface area contributed by atoms with Crippen LogP contribution in [0.4, 0.5) is 0 Å². The minimum Gasteiger partial charge on any atom is -0.494 e. The quantitative estimate of drug-likeness (QED) is 0.716. The van der Waals surface area contributed by atoms with E-state index in [1.165, 1.54) is 0 Å². The number of aliphatic carboxylic acids is 2. The molecule has 23 heavy (non-hydrogen) atoms. The van der Waals surface area contributed by atoms with Crippen molar-refractivity contribution < 1.29 is 24.5 Å². The first-order chi connectivity index (χ1) is 10.8. The van der Waals surface area contributed by atoms with Gasteiger partial charge in [0.1, 0.15) is 5.75 Å². The van der Waals surface area contributed by atoms with Crippen molar-refractivity contribution in [1.29, 1.82) is 0 Å². The Hall–Kier alpha value is -2.30. The van der Waals surface area contributed by atoms with Gasteiger partial charge in [-0.05, 0) is 30.5 Å². The summed E-state index contributed by atoms with van der Waals surface area (Å²) < 4.78 is 5.36. The zero-order chi connectivity index (χ0) is 17.6. The van der Waals surface area contributed by atoms with E-state index < -0.39 is 29.2 Å². The van der Waals surface area contributed by atoms with Gasteiger partial charge in [-0.2, -0.15) is 0 Å².